The number of nitrogens with one attached hydrogen (secondary N) is 1. The lowest BCUT2D eigenvalue weighted by molar-refractivity contribution is 0.562. The van der Waals surface area contributed by atoms with Crippen LogP contribution in [0.5, 0.6) is 0 Å². The van der Waals surface area contributed by atoms with Crippen LogP contribution in [0, 0.1) is 0 Å². The van der Waals surface area contributed by atoms with Crippen LogP contribution in [0.4, 0.5) is 0 Å². The number of hydrazine groups is 1. The minimum Gasteiger partial charge on any atom is -0.271 e. The Morgan fingerprint density at radius 2 is 2.11 bits per heavy atom. The molecule has 4 unspecified atom stereocenters. The summed E-state index contributed by atoms with van der Waals surface area (Å²) in [4.78, 5) is 0. The lowest BCUT2D eigenvalue weighted by atomic mass is 10.00. The third kappa shape index (κ3) is 3.69. The van der Waals surface area contributed by atoms with Gasteiger partial charge in [0.25, 0.3) is 0 Å². The van der Waals surface area contributed by atoms with Gasteiger partial charge in [0, 0.05) is 21.5 Å². The number of nitrogens with two attached hydrogens (primary N) is 1. The molecule has 0 amide bonds. The van der Waals surface area contributed by atoms with Crippen molar-refractivity contribution in [1.29, 1.82) is 0 Å². The second-order valence-electron chi connectivity index (χ2n) is 5.44. The molecule has 4 heteroatoms. The van der Waals surface area contributed by atoms with Crippen molar-refractivity contribution in [1.82, 2.24) is 5.43 Å². The molecular formula is C14H26N2S2. The van der Waals surface area contributed by atoms with E-state index in [-0.39, 0.29) is 0 Å². The number of allylic oxidation sites excluding steroid dienone is 1. The van der Waals surface area contributed by atoms with Gasteiger partial charge < -0.3 is 0 Å². The largest absolute Gasteiger partial charge is 0.271 e. The number of hydrogen-bond donors (Lipinski definition) is 2. The standard InChI is InChI=1S/C14H26N2S2/c1-10-11(2)18-13(9-17-10)14(16-15)12-7-5-3-4-6-8-12/h7,10-11,13-14,16H,3-6,8-9,15H2,1-2H3. The summed E-state index contributed by atoms with van der Waals surface area (Å²) in [5.74, 6) is 7.08. The van der Waals surface area contributed by atoms with Gasteiger partial charge in [-0.2, -0.15) is 23.5 Å². The normalized spacial score (nSPS) is 35.7. The van der Waals surface area contributed by atoms with Crippen molar-refractivity contribution in [3.63, 3.8) is 0 Å². The van der Waals surface area contributed by atoms with E-state index >= 15 is 0 Å². The molecule has 1 aliphatic carbocycles. The van der Waals surface area contributed by atoms with Gasteiger partial charge in [-0.1, -0.05) is 31.9 Å². The predicted molar refractivity (Wildman–Crippen MR) is 85.0 cm³/mol. The van der Waals surface area contributed by atoms with Crippen LogP contribution in [0.1, 0.15) is 46.0 Å². The Morgan fingerprint density at radius 1 is 1.28 bits per heavy atom. The Bertz CT molecular complexity index is 294. The maximum absolute atomic E-state index is 5.85. The highest BCUT2D eigenvalue weighted by Gasteiger charge is 2.32. The van der Waals surface area contributed by atoms with E-state index in [0.29, 0.717) is 11.3 Å². The number of thioether (sulfide) groups is 2. The van der Waals surface area contributed by atoms with Gasteiger partial charge >= 0.3 is 0 Å². The van der Waals surface area contributed by atoms with Gasteiger partial charge in [-0.05, 0) is 25.7 Å². The van der Waals surface area contributed by atoms with Crippen molar-refractivity contribution in [3.8, 4) is 0 Å². The Hall–Kier alpha value is 0.360. The monoisotopic (exact) mass is 286 g/mol. The first-order valence-corrected chi connectivity index (χ1v) is 9.13. The minimum atomic E-state index is 0.385. The highest BCUT2D eigenvalue weighted by atomic mass is 32.2. The summed E-state index contributed by atoms with van der Waals surface area (Å²) in [7, 11) is 0. The molecule has 1 heterocycles. The van der Waals surface area contributed by atoms with Crippen LogP contribution in [0.2, 0.25) is 0 Å². The van der Waals surface area contributed by atoms with Crippen LogP contribution in [-0.4, -0.2) is 27.5 Å². The molecule has 1 fully saturated rings. The van der Waals surface area contributed by atoms with Crippen molar-refractivity contribution >= 4 is 23.5 Å². The molecule has 1 saturated heterocycles. The Labute approximate surface area is 120 Å². The van der Waals surface area contributed by atoms with E-state index in [9.17, 15) is 0 Å². The van der Waals surface area contributed by atoms with Gasteiger partial charge in [0.15, 0.2) is 0 Å². The quantitative estimate of drug-likeness (QED) is 0.474. The Morgan fingerprint density at radius 3 is 2.83 bits per heavy atom. The summed E-state index contributed by atoms with van der Waals surface area (Å²) in [6.07, 6.45) is 8.98. The highest BCUT2D eigenvalue weighted by Crippen LogP contribution is 2.39. The summed E-state index contributed by atoms with van der Waals surface area (Å²) >= 11 is 4.23. The van der Waals surface area contributed by atoms with Gasteiger partial charge in [-0.15, -0.1) is 0 Å². The van der Waals surface area contributed by atoms with Crippen LogP contribution in [-0.2, 0) is 0 Å². The predicted octanol–water partition coefficient (Wildman–Crippen LogP) is 3.33. The van der Waals surface area contributed by atoms with Gasteiger partial charge in [0.1, 0.15) is 0 Å². The van der Waals surface area contributed by atoms with E-state index in [4.69, 9.17) is 5.84 Å². The average molecular weight is 287 g/mol. The van der Waals surface area contributed by atoms with E-state index in [1.165, 1.54) is 37.9 Å². The zero-order chi connectivity index (χ0) is 13.0. The van der Waals surface area contributed by atoms with Gasteiger partial charge in [0.2, 0.25) is 0 Å². The average Bonchev–Trinajstić information content (AvgIpc) is 2.64. The molecule has 18 heavy (non-hydrogen) atoms. The van der Waals surface area contributed by atoms with E-state index in [1.54, 1.807) is 5.57 Å². The maximum Gasteiger partial charge on any atom is 0.0546 e. The third-order valence-electron chi connectivity index (χ3n) is 4.10. The van der Waals surface area contributed by atoms with Crippen molar-refractivity contribution < 1.29 is 0 Å². The van der Waals surface area contributed by atoms with Crippen molar-refractivity contribution in [2.75, 3.05) is 5.75 Å². The first-order chi connectivity index (χ1) is 8.72. The Balaban J connectivity index is 2.01. The number of rotatable bonds is 3. The maximum atomic E-state index is 5.85. The second-order valence-corrected chi connectivity index (χ2v) is 8.47. The lowest BCUT2D eigenvalue weighted by Crippen LogP contribution is -2.47. The van der Waals surface area contributed by atoms with Crippen LogP contribution < -0.4 is 11.3 Å². The van der Waals surface area contributed by atoms with E-state index < -0.39 is 0 Å². The molecule has 2 aliphatic rings. The fourth-order valence-electron chi connectivity index (χ4n) is 2.76. The van der Waals surface area contributed by atoms with Crippen LogP contribution in [0.3, 0.4) is 0 Å². The molecule has 1 aliphatic heterocycles. The minimum absolute atomic E-state index is 0.385. The molecule has 2 rings (SSSR count). The fourth-order valence-corrected chi connectivity index (χ4v) is 5.88. The second kappa shape index (κ2) is 7.22. The molecule has 0 saturated carbocycles. The smallest absolute Gasteiger partial charge is 0.0546 e. The lowest BCUT2D eigenvalue weighted by Gasteiger charge is -2.36. The molecule has 4 atom stereocenters. The summed E-state index contributed by atoms with van der Waals surface area (Å²) in [6.45, 7) is 4.69. The summed E-state index contributed by atoms with van der Waals surface area (Å²) in [5, 5.41) is 2.14. The van der Waals surface area contributed by atoms with Gasteiger partial charge in [-0.3, -0.25) is 11.3 Å². The molecule has 0 aromatic rings. The number of hydrogen-bond acceptors (Lipinski definition) is 4. The molecule has 0 aromatic heterocycles. The molecule has 0 bridgehead atoms. The van der Waals surface area contributed by atoms with Crippen molar-refractivity contribution in [3.05, 3.63) is 11.6 Å². The first kappa shape index (κ1) is 14.8. The van der Waals surface area contributed by atoms with E-state index in [1.807, 2.05) is 0 Å². The van der Waals surface area contributed by atoms with Crippen molar-refractivity contribution in [2.45, 2.75) is 67.7 Å². The SMILES string of the molecule is CC1SCC(C(NN)C2=CCCCCC2)SC1C. The van der Waals surface area contributed by atoms with Gasteiger partial charge in [0.05, 0.1) is 6.04 Å². The molecule has 104 valence electrons. The highest BCUT2D eigenvalue weighted by molar-refractivity contribution is 8.07. The molecule has 0 aromatic carbocycles. The van der Waals surface area contributed by atoms with E-state index in [0.717, 1.165) is 10.5 Å². The molecule has 0 radical (unpaired) electrons. The molecule has 2 nitrogen and oxygen atoms in total. The van der Waals surface area contributed by atoms with Crippen LogP contribution >= 0.6 is 23.5 Å². The van der Waals surface area contributed by atoms with Crippen LogP contribution in [0.25, 0.3) is 0 Å². The molecule has 0 spiro atoms. The summed E-state index contributed by atoms with van der Waals surface area (Å²) in [6, 6.07) is 0.385. The topological polar surface area (TPSA) is 38.0 Å². The van der Waals surface area contributed by atoms with Gasteiger partial charge in [-0.25, -0.2) is 0 Å². The van der Waals surface area contributed by atoms with Crippen LogP contribution in [0.15, 0.2) is 11.6 Å². The van der Waals surface area contributed by atoms with Crippen molar-refractivity contribution in [2.24, 2.45) is 5.84 Å². The summed E-state index contributed by atoms with van der Waals surface area (Å²) in [5.41, 5.74) is 4.67. The zero-order valence-electron chi connectivity index (χ0n) is 11.5. The fraction of sp³-hybridized carbons (Fsp3) is 0.857. The molecule has 3 N–H and O–H groups in total. The van der Waals surface area contributed by atoms with E-state index in [2.05, 4.69) is 48.9 Å². The Kier molecular flexibility index (Phi) is 5.93. The summed E-state index contributed by atoms with van der Waals surface area (Å²) < 4.78 is 0. The first-order valence-electron chi connectivity index (χ1n) is 7.14. The third-order valence-corrected chi connectivity index (χ3v) is 7.60. The molecular weight excluding hydrogens is 260 g/mol. The zero-order valence-corrected chi connectivity index (χ0v) is 13.2.